The van der Waals surface area contributed by atoms with E-state index in [9.17, 15) is 4.79 Å². The summed E-state index contributed by atoms with van der Waals surface area (Å²) < 4.78 is 0. The highest BCUT2D eigenvalue weighted by atomic mass is 16.7. The Morgan fingerprint density at radius 3 is 2.33 bits per heavy atom. The quantitative estimate of drug-likeness (QED) is 0.823. The number of hydrogen-bond acceptors (Lipinski definition) is 5. The third-order valence-electron chi connectivity index (χ3n) is 6.93. The molecule has 0 radical (unpaired) electrons. The zero-order valence-corrected chi connectivity index (χ0v) is 19.1. The first-order valence-corrected chi connectivity index (χ1v) is 11.6. The van der Waals surface area contributed by atoms with E-state index in [1.54, 1.807) is 0 Å². The zero-order valence-electron chi connectivity index (χ0n) is 19.1. The summed E-state index contributed by atoms with van der Waals surface area (Å²) in [5.41, 5.74) is 2.19. The molecular formula is C24H38N4O2. The minimum atomic E-state index is 0.112. The fourth-order valence-electron chi connectivity index (χ4n) is 4.99. The number of nitrogens with one attached hydrogen (secondary N) is 1. The molecule has 30 heavy (non-hydrogen) atoms. The molecule has 1 aromatic rings. The van der Waals surface area contributed by atoms with Gasteiger partial charge in [-0.15, -0.1) is 0 Å². The number of hydrogen-bond donors (Lipinski definition) is 1. The number of likely N-dealkylation sites (tertiary alicyclic amines) is 2. The Balaban J connectivity index is 1.29. The fourth-order valence-corrected chi connectivity index (χ4v) is 4.99. The van der Waals surface area contributed by atoms with E-state index in [-0.39, 0.29) is 17.6 Å². The standard InChI is InChI=1S/C24H38N4O2/c1-18-25-17-28(30-18)22-6-5-13-27(16-22)21-11-14-26(15-12-21)23(29)19-7-9-20(10-8-19)24(2,3)4/h7-10,18,21-22,25H,5-6,11-17H2,1-4H3. The van der Waals surface area contributed by atoms with Crippen LogP contribution in [-0.4, -0.2) is 71.9 Å². The van der Waals surface area contributed by atoms with Crippen LogP contribution in [0.15, 0.2) is 24.3 Å². The van der Waals surface area contributed by atoms with Crippen LogP contribution in [0.2, 0.25) is 0 Å². The molecule has 1 aromatic carbocycles. The molecule has 0 spiro atoms. The van der Waals surface area contributed by atoms with Gasteiger partial charge in [-0.1, -0.05) is 32.9 Å². The summed E-state index contributed by atoms with van der Waals surface area (Å²) in [5, 5.41) is 5.48. The number of amides is 1. The molecule has 3 saturated heterocycles. The normalized spacial score (nSPS) is 27.5. The van der Waals surface area contributed by atoms with Gasteiger partial charge in [-0.2, -0.15) is 5.06 Å². The largest absolute Gasteiger partial charge is 0.339 e. The lowest BCUT2D eigenvalue weighted by Crippen LogP contribution is -2.53. The van der Waals surface area contributed by atoms with E-state index in [4.69, 9.17) is 4.84 Å². The van der Waals surface area contributed by atoms with Gasteiger partial charge in [0.1, 0.15) is 6.23 Å². The van der Waals surface area contributed by atoms with Crippen molar-refractivity contribution in [3.05, 3.63) is 35.4 Å². The summed E-state index contributed by atoms with van der Waals surface area (Å²) in [6.45, 7) is 13.4. The van der Waals surface area contributed by atoms with Crippen molar-refractivity contribution in [3.8, 4) is 0 Å². The number of carbonyl (C=O) groups excluding carboxylic acids is 1. The van der Waals surface area contributed by atoms with Crippen molar-refractivity contribution in [2.45, 2.75) is 77.1 Å². The van der Waals surface area contributed by atoms with Gasteiger partial charge in [-0.05, 0) is 62.3 Å². The van der Waals surface area contributed by atoms with E-state index in [0.717, 1.165) is 44.7 Å². The van der Waals surface area contributed by atoms with Crippen molar-refractivity contribution in [2.75, 3.05) is 32.8 Å². The molecule has 1 N–H and O–H groups in total. The van der Waals surface area contributed by atoms with E-state index in [1.807, 2.05) is 17.0 Å². The maximum atomic E-state index is 13.0. The topological polar surface area (TPSA) is 48.0 Å². The van der Waals surface area contributed by atoms with Crippen LogP contribution in [0.5, 0.6) is 0 Å². The van der Waals surface area contributed by atoms with Gasteiger partial charge in [0.25, 0.3) is 5.91 Å². The number of benzene rings is 1. The summed E-state index contributed by atoms with van der Waals surface area (Å²) in [7, 11) is 0. The first-order chi connectivity index (χ1) is 14.3. The molecule has 3 heterocycles. The van der Waals surface area contributed by atoms with Crippen LogP contribution in [0, 0.1) is 0 Å². The van der Waals surface area contributed by atoms with Gasteiger partial charge in [0, 0.05) is 37.3 Å². The second-order valence-corrected chi connectivity index (χ2v) is 10.2. The fraction of sp³-hybridized carbons (Fsp3) is 0.708. The van der Waals surface area contributed by atoms with Gasteiger partial charge in [0.15, 0.2) is 0 Å². The van der Waals surface area contributed by atoms with Crippen molar-refractivity contribution in [1.82, 2.24) is 20.2 Å². The first kappa shape index (κ1) is 21.8. The number of rotatable bonds is 3. The van der Waals surface area contributed by atoms with Crippen LogP contribution in [0.25, 0.3) is 0 Å². The molecule has 166 valence electrons. The Bertz CT molecular complexity index is 722. The Labute approximate surface area is 181 Å². The molecule has 0 bridgehead atoms. The Morgan fingerprint density at radius 1 is 1.03 bits per heavy atom. The van der Waals surface area contributed by atoms with E-state index in [2.05, 4.69) is 55.1 Å². The molecule has 0 aliphatic carbocycles. The Hall–Kier alpha value is -1.47. The van der Waals surface area contributed by atoms with Gasteiger partial charge in [-0.25, -0.2) is 0 Å². The van der Waals surface area contributed by atoms with E-state index < -0.39 is 0 Å². The highest BCUT2D eigenvalue weighted by molar-refractivity contribution is 5.94. The lowest BCUT2D eigenvalue weighted by molar-refractivity contribution is -0.179. The Morgan fingerprint density at radius 2 is 1.73 bits per heavy atom. The molecule has 6 nitrogen and oxygen atoms in total. The lowest BCUT2D eigenvalue weighted by atomic mass is 9.86. The number of nitrogens with zero attached hydrogens (tertiary/aromatic N) is 3. The third-order valence-corrected chi connectivity index (χ3v) is 6.93. The van der Waals surface area contributed by atoms with Crippen LogP contribution < -0.4 is 5.32 Å². The van der Waals surface area contributed by atoms with Crippen LogP contribution in [0.1, 0.15) is 69.3 Å². The van der Waals surface area contributed by atoms with E-state index in [0.29, 0.717) is 12.1 Å². The number of carbonyl (C=O) groups is 1. The van der Waals surface area contributed by atoms with E-state index in [1.165, 1.54) is 24.9 Å². The summed E-state index contributed by atoms with van der Waals surface area (Å²) in [6.07, 6.45) is 4.67. The summed E-state index contributed by atoms with van der Waals surface area (Å²) in [6, 6.07) is 9.24. The number of piperidine rings is 2. The molecule has 2 atom stereocenters. The van der Waals surface area contributed by atoms with Crippen molar-refractivity contribution >= 4 is 5.91 Å². The highest BCUT2D eigenvalue weighted by Gasteiger charge is 2.34. The average molecular weight is 415 g/mol. The molecule has 2 unspecified atom stereocenters. The predicted molar refractivity (Wildman–Crippen MR) is 119 cm³/mol. The minimum Gasteiger partial charge on any atom is -0.339 e. The monoisotopic (exact) mass is 414 g/mol. The van der Waals surface area contributed by atoms with Crippen molar-refractivity contribution in [3.63, 3.8) is 0 Å². The SMILES string of the molecule is CC1NCN(C2CCCN(C3CCN(C(=O)c4ccc(C(C)(C)C)cc4)CC3)C2)O1. The minimum absolute atomic E-state index is 0.112. The lowest BCUT2D eigenvalue weighted by Gasteiger charge is -2.43. The molecule has 3 aliphatic rings. The molecule has 4 rings (SSSR count). The van der Waals surface area contributed by atoms with Gasteiger partial charge >= 0.3 is 0 Å². The number of hydroxylamine groups is 2. The molecule has 3 fully saturated rings. The summed E-state index contributed by atoms with van der Waals surface area (Å²) in [4.78, 5) is 23.6. The molecule has 6 heteroatoms. The smallest absolute Gasteiger partial charge is 0.253 e. The zero-order chi connectivity index (χ0) is 21.3. The summed E-state index contributed by atoms with van der Waals surface area (Å²) in [5.74, 6) is 0.177. The predicted octanol–water partition coefficient (Wildman–Crippen LogP) is 3.19. The van der Waals surface area contributed by atoms with Crippen molar-refractivity contribution < 1.29 is 9.63 Å². The molecule has 3 aliphatic heterocycles. The molecule has 1 amide bonds. The van der Waals surface area contributed by atoms with Crippen LogP contribution >= 0.6 is 0 Å². The van der Waals surface area contributed by atoms with Gasteiger partial charge in [0.05, 0.1) is 6.67 Å². The molecule has 0 aromatic heterocycles. The maximum absolute atomic E-state index is 13.0. The van der Waals surface area contributed by atoms with Gasteiger partial charge in [0.2, 0.25) is 0 Å². The van der Waals surface area contributed by atoms with Crippen LogP contribution in [0.3, 0.4) is 0 Å². The van der Waals surface area contributed by atoms with Gasteiger partial charge < -0.3 is 4.90 Å². The van der Waals surface area contributed by atoms with Crippen LogP contribution in [-0.2, 0) is 10.3 Å². The van der Waals surface area contributed by atoms with E-state index >= 15 is 0 Å². The maximum Gasteiger partial charge on any atom is 0.253 e. The van der Waals surface area contributed by atoms with Crippen molar-refractivity contribution in [2.24, 2.45) is 0 Å². The molecular weight excluding hydrogens is 376 g/mol. The highest BCUT2D eigenvalue weighted by Crippen LogP contribution is 2.26. The summed E-state index contributed by atoms with van der Waals surface area (Å²) >= 11 is 0. The third kappa shape index (κ3) is 4.88. The first-order valence-electron chi connectivity index (χ1n) is 11.6. The van der Waals surface area contributed by atoms with Crippen LogP contribution in [0.4, 0.5) is 0 Å². The second-order valence-electron chi connectivity index (χ2n) is 10.2. The second kappa shape index (κ2) is 8.95. The molecule has 0 saturated carbocycles. The van der Waals surface area contributed by atoms with Crippen molar-refractivity contribution in [1.29, 1.82) is 0 Å². The van der Waals surface area contributed by atoms with Gasteiger partial charge in [-0.3, -0.25) is 19.8 Å². The average Bonchev–Trinajstić information content (AvgIpc) is 3.19. The Kier molecular flexibility index (Phi) is 6.49.